The highest BCUT2D eigenvalue weighted by atomic mass is 16.5. The molecule has 1 heterocycles. The van der Waals surface area contributed by atoms with Crippen molar-refractivity contribution in [3.05, 3.63) is 64.7 Å². The van der Waals surface area contributed by atoms with Crippen LogP contribution < -0.4 is 10.1 Å². The quantitative estimate of drug-likeness (QED) is 0.604. The molecular weight excluding hydrogens is 424 g/mol. The molecule has 5 heteroatoms. The van der Waals surface area contributed by atoms with Gasteiger partial charge in [-0.25, -0.2) is 0 Å². The molecule has 2 amide bonds. The van der Waals surface area contributed by atoms with Gasteiger partial charge in [-0.05, 0) is 75.3 Å². The lowest BCUT2D eigenvalue weighted by molar-refractivity contribution is -0.137. The van der Waals surface area contributed by atoms with E-state index < -0.39 is 6.10 Å². The summed E-state index contributed by atoms with van der Waals surface area (Å²) in [6.07, 6.45) is 5.16. The minimum atomic E-state index is -0.543. The van der Waals surface area contributed by atoms with Crippen molar-refractivity contribution in [3.63, 3.8) is 0 Å². The fourth-order valence-electron chi connectivity index (χ4n) is 5.28. The Morgan fingerprint density at radius 3 is 2.44 bits per heavy atom. The monoisotopic (exact) mass is 462 g/mol. The van der Waals surface area contributed by atoms with Gasteiger partial charge in [-0.3, -0.25) is 9.59 Å². The van der Waals surface area contributed by atoms with E-state index in [0.717, 1.165) is 49.8 Å². The molecule has 1 fully saturated rings. The van der Waals surface area contributed by atoms with E-state index >= 15 is 0 Å². The molecule has 1 aliphatic carbocycles. The van der Waals surface area contributed by atoms with Crippen molar-refractivity contribution in [2.75, 3.05) is 6.54 Å². The Kier molecular flexibility index (Phi) is 7.60. The Bertz CT molecular complexity index is 1010. The fourth-order valence-corrected chi connectivity index (χ4v) is 5.28. The van der Waals surface area contributed by atoms with Crippen LogP contribution in [0.2, 0.25) is 0 Å². The van der Waals surface area contributed by atoms with Gasteiger partial charge < -0.3 is 15.0 Å². The van der Waals surface area contributed by atoms with E-state index in [9.17, 15) is 9.59 Å². The number of rotatable bonds is 7. The number of carbonyl (C=O) groups is 2. The molecule has 182 valence electrons. The van der Waals surface area contributed by atoms with Crippen molar-refractivity contribution in [2.45, 2.75) is 84.4 Å². The summed E-state index contributed by atoms with van der Waals surface area (Å²) in [7, 11) is 0. The first-order valence-corrected chi connectivity index (χ1v) is 12.8. The molecule has 0 bridgehead atoms. The van der Waals surface area contributed by atoms with Gasteiger partial charge in [-0.2, -0.15) is 0 Å². The number of nitrogens with one attached hydrogen (secondary N) is 1. The summed E-state index contributed by atoms with van der Waals surface area (Å²) in [4.78, 5) is 28.3. The molecule has 0 aromatic heterocycles. The second-order valence-corrected chi connectivity index (χ2v) is 10.1. The molecule has 0 spiro atoms. The number of aryl methyl sites for hydroxylation is 1. The van der Waals surface area contributed by atoms with Crippen molar-refractivity contribution in [1.82, 2.24) is 10.2 Å². The van der Waals surface area contributed by atoms with Gasteiger partial charge in [-0.1, -0.05) is 55.7 Å². The van der Waals surface area contributed by atoms with Gasteiger partial charge >= 0.3 is 0 Å². The molecular formula is C29H38N2O3. The zero-order valence-corrected chi connectivity index (χ0v) is 21.0. The van der Waals surface area contributed by atoms with Crippen LogP contribution in [0.15, 0.2) is 42.5 Å². The highest BCUT2D eigenvalue weighted by Crippen LogP contribution is 2.40. The molecule has 34 heavy (non-hydrogen) atoms. The predicted octanol–water partition coefficient (Wildman–Crippen LogP) is 5.34. The van der Waals surface area contributed by atoms with Crippen LogP contribution in [0.5, 0.6) is 5.75 Å². The van der Waals surface area contributed by atoms with Crippen molar-refractivity contribution in [2.24, 2.45) is 5.92 Å². The maximum Gasteiger partial charge on any atom is 0.261 e. The summed E-state index contributed by atoms with van der Waals surface area (Å²) in [5.41, 5.74) is 4.68. The van der Waals surface area contributed by atoms with Crippen LogP contribution in [-0.4, -0.2) is 35.4 Å². The van der Waals surface area contributed by atoms with E-state index in [-0.39, 0.29) is 29.8 Å². The molecule has 1 saturated carbocycles. The molecule has 2 aromatic rings. The average molecular weight is 463 g/mol. The van der Waals surface area contributed by atoms with Crippen molar-refractivity contribution < 1.29 is 14.3 Å². The Morgan fingerprint density at radius 2 is 1.79 bits per heavy atom. The standard InChI is InChI=1S/C29H38N2O3/c1-5-26(28(32)30-19(2)3)34-24-15-14-21-16-17-31(29(33)23-8-6-7-9-23)27(25(21)18-24)22-12-10-20(4)11-13-22/h10-15,18-19,23,26-27H,5-9,16-17H2,1-4H3,(H,30,32)/t26-,27+/m1/s1. The average Bonchev–Trinajstić information content (AvgIpc) is 3.36. The molecule has 0 saturated heterocycles. The topological polar surface area (TPSA) is 58.6 Å². The molecule has 1 N–H and O–H groups in total. The second-order valence-electron chi connectivity index (χ2n) is 10.1. The Balaban J connectivity index is 1.68. The number of fused-ring (bicyclic) bond motifs is 1. The Hall–Kier alpha value is -2.82. The molecule has 2 aliphatic rings. The third kappa shape index (κ3) is 5.29. The summed E-state index contributed by atoms with van der Waals surface area (Å²) in [6, 6.07) is 14.6. The molecule has 2 aromatic carbocycles. The Labute approximate surface area is 203 Å². The third-order valence-corrected chi connectivity index (χ3v) is 7.10. The first-order chi connectivity index (χ1) is 16.4. The summed E-state index contributed by atoms with van der Waals surface area (Å²) in [5.74, 6) is 1.00. The molecule has 0 unspecified atom stereocenters. The third-order valence-electron chi connectivity index (χ3n) is 7.10. The molecule has 2 atom stereocenters. The van der Waals surface area contributed by atoms with Crippen LogP contribution in [0.4, 0.5) is 0 Å². The number of amides is 2. The van der Waals surface area contributed by atoms with Crippen LogP contribution in [0.25, 0.3) is 0 Å². The highest BCUT2D eigenvalue weighted by Gasteiger charge is 2.36. The number of nitrogens with zero attached hydrogens (tertiary/aromatic N) is 1. The lowest BCUT2D eigenvalue weighted by Gasteiger charge is -2.39. The minimum absolute atomic E-state index is 0.0646. The normalized spacial score (nSPS) is 19.1. The summed E-state index contributed by atoms with van der Waals surface area (Å²) in [6.45, 7) is 8.67. The molecule has 1 aliphatic heterocycles. The van der Waals surface area contributed by atoms with E-state index in [4.69, 9.17) is 4.74 Å². The van der Waals surface area contributed by atoms with Gasteiger partial charge in [0.2, 0.25) is 5.91 Å². The number of ether oxygens (including phenoxy) is 1. The number of benzene rings is 2. The zero-order valence-electron chi connectivity index (χ0n) is 21.0. The predicted molar refractivity (Wildman–Crippen MR) is 135 cm³/mol. The van der Waals surface area contributed by atoms with Crippen LogP contribution in [-0.2, 0) is 16.0 Å². The van der Waals surface area contributed by atoms with Crippen molar-refractivity contribution in [3.8, 4) is 5.75 Å². The largest absolute Gasteiger partial charge is 0.481 e. The van der Waals surface area contributed by atoms with Crippen LogP contribution in [0, 0.1) is 12.8 Å². The van der Waals surface area contributed by atoms with E-state index in [2.05, 4.69) is 53.5 Å². The maximum atomic E-state index is 13.6. The zero-order chi connectivity index (χ0) is 24.2. The molecule has 4 rings (SSSR count). The SMILES string of the molecule is CC[C@@H](Oc1ccc2c(c1)[C@H](c1ccc(C)cc1)N(C(=O)C1CCCC1)CC2)C(=O)NC(C)C. The first-order valence-electron chi connectivity index (χ1n) is 12.8. The molecule has 0 radical (unpaired) electrons. The van der Waals surface area contributed by atoms with Crippen LogP contribution in [0.1, 0.15) is 81.2 Å². The van der Waals surface area contributed by atoms with Gasteiger partial charge in [0.1, 0.15) is 5.75 Å². The van der Waals surface area contributed by atoms with Crippen molar-refractivity contribution in [1.29, 1.82) is 0 Å². The maximum absolute atomic E-state index is 13.6. The smallest absolute Gasteiger partial charge is 0.261 e. The summed E-state index contributed by atoms with van der Waals surface area (Å²) >= 11 is 0. The van der Waals surface area contributed by atoms with Gasteiger partial charge in [0.25, 0.3) is 5.91 Å². The first kappa shape index (κ1) is 24.3. The fraction of sp³-hybridized carbons (Fsp3) is 0.517. The highest BCUT2D eigenvalue weighted by molar-refractivity contribution is 5.81. The van der Waals surface area contributed by atoms with E-state index in [1.165, 1.54) is 11.1 Å². The minimum Gasteiger partial charge on any atom is -0.481 e. The van der Waals surface area contributed by atoms with Gasteiger partial charge in [0.15, 0.2) is 6.10 Å². The number of carbonyl (C=O) groups excluding carboxylic acids is 2. The number of hydrogen-bond donors (Lipinski definition) is 1. The summed E-state index contributed by atoms with van der Waals surface area (Å²) in [5, 5.41) is 2.95. The molecule has 5 nitrogen and oxygen atoms in total. The van der Waals surface area contributed by atoms with E-state index in [1.807, 2.05) is 26.8 Å². The van der Waals surface area contributed by atoms with Crippen LogP contribution >= 0.6 is 0 Å². The lowest BCUT2D eigenvalue weighted by Crippen LogP contribution is -2.43. The van der Waals surface area contributed by atoms with Gasteiger partial charge in [-0.15, -0.1) is 0 Å². The van der Waals surface area contributed by atoms with E-state index in [1.54, 1.807) is 0 Å². The summed E-state index contributed by atoms with van der Waals surface area (Å²) < 4.78 is 6.18. The van der Waals surface area contributed by atoms with E-state index in [0.29, 0.717) is 12.2 Å². The van der Waals surface area contributed by atoms with Gasteiger partial charge in [0, 0.05) is 18.5 Å². The lowest BCUT2D eigenvalue weighted by atomic mass is 9.86. The Morgan fingerprint density at radius 1 is 1.09 bits per heavy atom. The van der Waals surface area contributed by atoms with Crippen molar-refractivity contribution >= 4 is 11.8 Å². The number of hydrogen-bond acceptors (Lipinski definition) is 3. The van der Waals surface area contributed by atoms with Crippen LogP contribution in [0.3, 0.4) is 0 Å². The van der Waals surface area contributed by atoms with Gasteiger partial charge in [0.05, 0.1) is 6.04 Å². The second kappa shape index (κ2) is 10.6.